The van der Waals surface area contributed by atoms with Crippen LogP contribution in [0.1, 0.15) is 12.8 Å². The lowest BCUT2D eigenvalue weighted by molar-refractivity contribution is -0.136. The molecule has 1 aliphatic heterocycles. The Morgan fingerprint density at radius 1 is 1.80 bits per heavy atom. The molecule has 10 heavy (non-hydrogen) atoms. The van der Waals surface area contributed by atoms with Crippen LogP contribution in [0, 0.1) is 11.2 Å². The van der Waals surface area contributed by atoms with Gasteiger partial charge in [0, 0.05) is 5.97 Å². The lowest BCUT2D eigenvalue weighted by Crippen LogP contribution is -2.19. The van der Waals surface area contributed by atoms with E-state index in [2.05, 4.69) is 0 Å². The number of aliphatic carboxylic acids is 1. The van der Waals surface area contributed by atoms with Gasteiger partial charge in [-0.1, -0.05) is 12.7 Å². The second-order valence-corrected chi connectivity index (χ2v) is 2.61. The van der Waals surface area contributed by atoms with Crippen LogP contribution in [0.4, 0.5) is 0 Å². The molecule has 3 nitrogen and oxygen atoms in total. The summed E-state index contributed by atoms with van der Waals surface area (Å²) in [6, 6.07) is 0. The van der Waals surface area contributed by atoms with Crippen molar-refractivity contribution >= 4 is 12.7 Å². The van der Waals surface area contributed by atoms with Crippen LogP contribution in [0.25, 0.3) is 0 Å². The van der Waals surface area contributed by atoms with Gasteiger partial charge in [-0.3, -0.25) is 4.79 Å². The van der Waals surface area contributed by atoms with Crippen molar-refractivity contribution in [1.29, 1.82) is 5.26 Å². The van der Waals surface area contributed by atoms with Crippen molar-refractivity contribution < 1.29 is 9.90 Å². The third-order valence-corrected chi connectivity index (χ3v) is 2.00. The molecule has 4 heteroatoms. The molecule has 52 valence electrons. The summed E-state index contributed by atoms with van der Waals surface area (Å²) in [5.74, 6) is 0.801. The summed E-state index contributed by atoms with van der Waals surface area (Å²) in [5.41, 5.74) is 0. The van der Waals surface area contributed by atoms with Crippen molar-refractivity contribution in [2.75, 3.05) is 0 Å². The molecule has 0 aromatic heterocycles. The number of carboxylic acid groups (broad SMARTS) is 1. The zero-order chi connectivity index (χ0) is 7.56. The molecule has 0 amide bonds. The second kappa shape index (κ2) is 2.74. The highest BCUT2D eigenvalue weighted by molar-refractivity contribution is 6.72. The number of nitrogens with zero attached hydrogens (tertiary/aromatic N) is 1. The molecular formula is C6H8BNO2. The Bertz CT molecular complexity index is 187. The lowest BCUT2D eigenvalue weighted by Gasteiger charge is -2.01. The average Bonchev–Trinajstić information content (AvgIpc) is 2.33. The average molecular weight is 137 g/mol. The highest BCUT2D eigenvalue weighted by atomic mass is 16.4. The zero-order valence-corrected chi connectivity index (χ0v) is 5.58. The highest BCUT2D eigenvalue weighted by Gasteiger charge is 2.36. The van der Waals surface area contributed by atoms with Gasteiger partial charge in [-0.25, -0.2) is 5.26 Å². The fourth-order valence-electron chi connectivity index (χ4n) is 1.41. The first-order valence-electron chi connectivity index (χ1n) is 3.38. The number of rotatable bonds is 1. The van der Waals surface area contributed by atoms with Gasteiger partial charge in [0.1, 0.15) is 0 Å². The van der Waals surface area contributed by atoms with Crippen LogP contribution in [0.3, 0.4) is 0 Å². The summed E-state index contributed by atoms with van der Waals surface area (Å²) < 4.78 is 0. The summed E-state index contributed by atoms with van der Waals surface area (Å²) in [7, 11) is 0. The van der Waals surface area contributed by atoms with Gasteiger partial charge in [-0.05, 0) is 6.42 Å². The smallest absolute Gasteiger partial charge is 0.300 e. The lowest BCUT2D eigenvalue weighted by atomic mass is 9.44. The normalized spacial score (nSPS) is 24.3. The van der Waals surface area contributed by atoms with Crippen LogP contribution in [-0.4, -0.2) is 17.8 Å². The van der Waals surface area contributed by atoms with Crippen molar-refractivity contribution in [3.8, 4) is 5.97 Å². The van der Waals surface area contributed by atoms with E-state index in [0.717, 1.165) is 12.7 Å². The Kier molecular flexibility index (Phi) is 1.95. The first-order chi connectivity index (χ1) is 4.75. The summed E-state index contributed by atoms with van der Waals surface area (Å²) in [6.07, 6.45) is 2.32. The van der Waals surface area contributed by atoms with E-state index < -0.39 is 11.8 Å². The fourth-order valence-corrected chi connectivity index (χ4v) is 1.41. The van der Waals surface area contributed by atoms with E-state index in [0.29, 0.717) is 6.42 Å². The van der Waals surface area contributed by atoms with Crippen LogP contribution in [0.2, 0.25) is 12.1 Å². The van der Waals surface area contributed by atoms with Crippen LogP contribution in [0.5, 0.6) is 0 Å². The summed E-state index contributed by atoms with van der Waals surface area (Å²) in [4.78, 5) is 10.4. The van der Waals surface area contributed by atoms with Gasteiger partial charge in [-0.15, -0.1) is 0 Å². The SMILES string of the molecule is N#CB1CCCC1C(=O)O. The summed E-state index contributed by atoms with van der Waals surface area (Å²) in [6.45, 7) is -0.238. The minimum absolute atomic E-state index is 0.238. The maximum Gasteiger partial charge on any atom is 0.300 e. The standard InChI is InChI=1S/C6H8BNO2/c8-4-7-3-1-2-5(7)6(9)10/h5H,1-3H2,(H,9,10). The Morgan fingerprint density at radius 3 is 2.90 bits per heavy atom. The minimum Gasteiger partial charge on any atom is -0.482 e. The van der Waals surface area contributed by atoms with Gasteiger partial charge < -0.3 is 5.11 Å². The third kappa shape index (κ3) is 1.13. The molecule has 1 heterocycles. The molecule has 1 unspecified atom stereocenters. The largest absolute Gasteiger partial charge is 0.482 e. The van der Waals surface area contributed by atoms with Gasteiger partial charge >= 0.3 is 0 Å². The molecule has 0 aliphatic carbocycles. The molecule has 1 rings (SSSR count). The molecule has 1 fully saturated rings. The van der Waals surface area contributed by atoms with Gasteiger partial charge in [-0.2, -0.15) is 0 Å². The highest BCUT2D eigenvalue weighted by Crippen LogP contribution is 2.29. The molecule has 0 spiro atoms. The van der Waals surface area contributed by atoms with Crippen LogP contribution in [0.15, 0.2) is 0 Å². The molecule has 0 saturated carbocycles. The van der Waals surface area contributed by atoms with E-state index in [9.17, 15) is 4.79 Å². The quantitative estimate of drug-likeness (QED) is 0.543. The number of hydrogen-bond acceptors (Lipinski definition) is 2. The molecule has 0 radical (unpaired) electrons. The maximum atomic E-state index is 10.4. The van der Waals surface area contributed by atoms with Gasteiger partial charge in [0.25, 0.3) is 12.7 Å². The number of carboxylic acids is 1. The Morgan fingerprint density at radius 2 is 2.50 bits per heavy atom. The molecule has 1 N–H and O–H groups in total. The predicted octanol–water partition coefficient (Wildman–Crippen LogP) is 0.793. The number of nitriles is 1. The van der Waals surface area contributed by atoms with E-state index in [1.165, 1.54) is 0 Å². The first kappa shape index (κ1) is 7.14. The molecule has 0 aromatic rings. The fraction of sp³-hybridized carbons (Fsp3) is 0.667. The Balaban J connectivity index is 2.61. The van der Waals surface area contributed by atoms with E-state index in [1.807, 2.05) is 5.97 Å². The monoisotopic (exact) mass is 137 g/mol. The summed E-state index contributed by atoms with van der Waals surface area (Å²) in [5, 5.41) is 17.0. The topological polar surface area (TPSA) is 61.1 Å². The van der Waals surface area contributed by atoms with Gasteiger partial charge in [0.15, 0.2) is 0 Å². The summed E-state index contributed by atoms with van der Waals surface area (Å²) >= 11 is 0. The maximum absolute atomic E-state index is 10.4. The van der Waals surface area contributed by atoms with Crippen LogP contribution >= 0.6 is 0 Å². The molecular weight excluding hydrogens is 129 g/mol. The van der Waals surface area contributed by atoms with Crippen LogP contribution in [-0.2, 0) is 4.79 Å². The van der Waals surface area contributed by atoms with Crippen molar-refractivity contribution in [3.63, 3.8) is 0 Å². The van der Waals surface area contributed by atoms with Crippen molar-refractivity contribution in [2.45, 2.75) is 25.0 Å². The predicted molar refractivity (Wildman–Crippen MR) is 36.8 cm³/mol. The first-order valence-corrected chi connectivity index (χ1v) is 3.38. The van der Waals surface area contributed by atoms with Crippen LogP contribution < -0.4 is 0 Å². The number of carbonyl (C=O) groups is 1. The molecule has 1 saturated heterocycles. The molecule has 1 atom stereocenters. The Labute approximate surface area is 59.7 Å². The van der Waals surface area contributed by atoms with Crippen molar-refractivity contribution in [3.05, 3.63) is 0 Å². The van der Waals surface area contributed by atoms with Crippen molar-refractivity contribution in [1.82, 2.24) is 0 Å². The Hall–Kier alpha value is -0.975. The molecule has 0 aromatic carbocycles. The molecule has 1 aliphatic rings. The van der Waals surface area contributed by atoms with E-state index in [-0.39, 0.29) is 6.71 Å². The van der Waals surface area contributed by atoms with E-state index >= 15 is 0 Å². The molecule has 0 bridgehead atoms. The zero-order valence-electron chi connectivity index (χ0n) is 5.58. The second-order valence-electron chi connectivity index (χ2n) is 2.61. The van der Waals surface area contributed by atoms with Gasteiger partial charge in [0.05, 0.1) is 5.82 Å². The number of hydrogen-bond donors (Lipinski definition) is 1. The van der Waals surface area contributed by atoms with E-state index in [4.69, 9.17) is 10.4 Å². The van der Waals surface area contributed by atoms with Gasteiger partial charge in [0.2, 0.25) is 0 Å². The van der Waals surface area contributed by atoms with E-state index in [1.54, 1.807) is 0 Å². The van der Waals surface area contributed by atoms with Crippen molar-refractivity contribution in [2.24, 2.45) is 0 Å². The third-order valence-electron chi connectivity index (χ3n) is 2.00. The minimum atomic E-state index is -0.816.